The fourth-order valence-electron chi connectivity index (χ4n) is 0.632. The second-order valence-electron chi connectivity index (χ2n) is 2.23. The summed E-state index contributed by atoms with van der Waals surface area (Å²) in [7, 11) is 0. The van der Waals surface area contributed by atoms with Gasteiger partial charge in [0.15, 0.2) is 0 Å². The summed E-state index contributed by atoms with van der Waals surface area (Å²) in [5.74, 6) is -0.933. The molecule has 0 bridgehead atoms. The maximum absolute atomic E-state index is 10.1. The van der Waals surface area contributed by atoms with Gasteiger partial charge in [-0.05, 0) is 19.4 Å². The Hall–Kier alpha value is -0.400. The molecule has 1 atom stereocenters. The Labute approximate surface area is 83.3 Å². The lowest BCUT2D eigenvalue weighted by atomic mass is 10.1. The smallest absolute Gasteiger partial charge is 0.320 e. The van der Waals surface area contributed by atoms with Crippen molar-refractivity contribution in [1.82, 2.24) is 0 Å². The molecule has 0 rings (SSSR count). The van der Waals surface area contributed by atoms with Crippen molar-refractivity contribution in [2.24, 2.45) is 11.5 Å². The van der Waals surface area contributed by atoms with Gasteiger partial charge >= 0.3 is 5.97 Å². The first-order chi connectivity index (χ1) is 4.68. The first kappa shape index (κ1) is 22.9. The van der Waals surface area contributed by atoms with Crippen LogP contribution in [0.4, 0.5) is 0 Å². The van der Waals surface area contributed by atoms with Crippen LogP contribution < -0.4 is 11.5 Å². The number of aliphatic carboxylic acids is 1. The van der Waals surface area contributed by atoms with Crippen molar-refractivity contribution >= 4 is 18.4 Å². The van der Waals surface area contributed by atoms with Gasteiger partial charge in [0.05, 0.1) is 0 Å². The highest BCUT2D eigenvalue weighted by atomic mass is 35.5. The molecule has 0 aromatic carbocycles. The molecule has 9 N–H and O–H groups in total. The third-order valence-corrected chi connectivity index (χ3v) is 1.29. The van der Waals surface area contributed by atoms with Crippen LogP contribution in [0.15, 0.2) is 0 Å². The summed E-state index contributed by atoms with van der Waals surface area (Å²) < 4.78 is 0. The molecule has 0 saturated carbocycles. The molecule has 0 fully saturated rings. The summed E-state index contributed by atoms with van der Waals surface area (Å²) in [5, 5.41) is 8.33. The lowest BCUT2D eigenvalue weighted by Crippen LogP contribution is -2.29. The fraction of sp³-hybridized carbons (Fsp3) is 0.833. The number of hydrogen-bond donors (Lipinski definition) is 3. The van der Waals surface area contributed by atoms with E-state index in [1.165, 1.54) is 0 Å². The van der Waals surface area contributed by atoms with Crippen LogP contribution in [0.5, 0.6) is 0 Å². The second kappa shape index (κ2) is 14.1. The van der Waals surface area contributed by atoms with Gasteiger partial charge in [0.1, 0.15) is 6.04 Å². The number of carboxylic acids is 1. The molecule has 13 heavy (non-hydrogen) atoms. The Morgan fingerprint density at radius 1 is 1.31 bits per heavy atom. The highest BCUT2D eigenvalue weighted by Gasteiger charge is 2.09. The molecule has 0 heterocycles. The maximum atomic E-state index is 10.1. The Morgan fingerprint density at radius 2 is 1.77 bits per heavy atom. The van der Waals surface area contributed by atoms with E-state index in [1.807, 2.05) is 0 Å². The zero-order valence-electron chi connectivity index (χ0n) is 7.32. The number of unbranched alkanes of at least 4 members (excludes halogenated alkanes) is 1. The van der Waals surface area contributed by atoms with Gasteiger partial charge in [0.25, 0.3) is 0 Å². The van der Waals surface area contributed by atoms with Crippen LogP contribution in [0.1, 0.15) is 19.3 Å². The summed E-state index contributed by atoms with van der Waals surface area (Å²) in [6, 6.07) is -0.716. The van der Waals surface area contributed by atoms with E-state index in [-0.39, 0.29) is 23.4 Å². The van der Waals surface area contributed by atoms with E-state index in [9.17, 15) is 4.79 Å². The molecule has 6 nitrogen and oxygen atoms in total. The van der Waals surface area contributed by atoms with Crippen molar-refractivity contribution in [1.29, 1.82) is 0 Å². The van der Waals surface area contributed by atoms with Gasteiger partial charge in [-0.1, -0.05) is 6.42 Å². The van der Waals surface area contributed by atoms with Crippen molar-refractivity contribution in [3.8, 4) is 0 Å². The molecular weight excluding hydrogens is 200 g/mol. The topological polar surface area (TPSA) is 152 Å². The molecule has 0 aromatic heterocycles. The average molecular weight is 219 g/mol. The Balaban J connectivity index is -0.000000135. The number of hydrogen-bond acceptors (Lipinski definition) is 3. The maximum Gasteiger partial charge on any atom is 0.320 e. The van der Waals surface area contributed by atoms with Crippen LogP contribution in [0.25, 0.3) is 0 Å². The minimum atomic E-state index is -0.933. The van der Waals surface area contributed by atoms with Crippen LogP contribution in [-0.2, 0) is 4.79 Å². The summed E-state index contributed by atoms with van der Waals surface area (Å²) in [6.45, 7) is 0.604. The third kappa shape index (κ3) is 14.5. The molecular formula is C6H19ClN2O4. The van der Waals surface area contributed by atoms with E-state index < -0.39 is 12.0 Å². The molecule has 0 aliphatic rings. The van der Waals surface area contributed by atoms with E-state index in [0.29, 0.717) is 13.0 Å². The summed E-state index contributed by atoms with van der Waals surface area (Å²) >= 11 is 0. The van der Waals surface area contributed by atoms with Crippen molar-refractivity contribution in [3.05, 3.63) is 0 Å². The largest absolute Gasteiger partial charge is 0.480 e. The van der Waals surface area contributed by atoms with Gasteiger partial charge in [0, 0.05) is 0 Å². The zero-order chi connectivity index (χ0) is 7.98. The molecule has 84 valence electrons. The molecule has 0 amide bonds. The number of nitrogens with two attached hydrogens (primary N) is 2. The quantitative estimate of drug-likeness (QED) is 0.471. The molecule has 0 saturated heterocycles. The number of rotatable bonds is 5. The van der Waals surface area contributed by atoms with Crippen LogP contribution >= 0.6 is 12.4 Å². The summed E-state index contributed by atoms with van der Waals surface area (Å²) in [4.78, 5) is 10.1. The first-order valence-corrected chi connectivity index (χ1v) is 3.37. The summed E-state index contributed by atoms with van der Waals surface area (Å²) in [6.07, 6.45) is 2.16. The van der Waals surface area contributed by atoms with Gasteiger partial charge < -0.3 is 27.5 Å². The third-order valence-electron chi connectivity index (χ3n) is 1.29. The van der Waals surface area contributed by atoms with Crippen molar-refractivity contribution in [2.45, 2.75) is 25.3 Å². The minimum Gasteiger partial charge on any atom is -0.480 e. The van der Waals surface area contributed by atoms with Gasteiger partial charge in [0.2, 0.25) is 0 Å². The Kier molecular flexibility index (Phi) is 24.9. The highest BCUT2D eigenvalue weighted by molar-refractivity contribution is 5.85. The molecule has 0 aliphatic heterocycles. The van der Waals surface area contributed by atoms with E-state index in [2.05, 4.69) is 0 Å². The minimum absolute atomic E-state index is 0. The SMILES string of the molecule is Cl.NCCCC[C@H](N)C(=O)O.O.O. The predicted molar refractivity (Wildman–Crippen MR) is 53.0 cm³/mol. The molecule has 0 unspecified atom stereocenters. The first-order valence-electron chi connectivity index (χ1n) is 3.37. The molecule has 0 radical (unpaired) electrons. The number of halogens is 1. The zero-order valence-corrected chi connectivity index (χ0v) is 8.14. The molecule has 0 aliphatic carbocycles. The summed E-state index contributed by atoms with van der Waals surface area (Å²) in [5.41, 5.74) is 10.4. The standard InChI is InChI=1S/C6H14N2O2.ClH.2H2O/c7-4-2-1-3-5(8)6(9)10;;;/h5H,1-4,7-8H2,(H,9,10);1H;2*1H2/t5-;;;/m0.../s1. The number of carbonyl (C=O) groups is 1. The van der Waals surface area contributed by atoms with Crippen molar-refractivity contribution < 1.29 is 20.9 Å². The van der Waals surface area contributed by atoms with Crippen LogP contribution in [0.3, 0.4) is 0 Å². The molecule has 7 heteroatoms. The highest BCUT2D eigenvalue weighted by Crippen LogP contribution is 1.96. The fourth-order valence-corrected chi connectivity index (χ4v) is 0.632. The van der Waals surface area contributed by atoms with E-state index in [1.54, 1.807) is 0 Å². The van der Waals surface area contributed by atoms with Gasteiger partial charge in [-0.3, -0.25) is 4.79 Å². The van der Waals surface area contributed by atoms with Crippen molar-refractivity contribution in [2.75, 3.05) is 6.54 Å². The Morgan fingerprint density at radius 3 is 2.08 bits per heavy atom. The van der Waals surface area contributed by atoms with Gasteiger partial charge in [-0.2, -0.15) is 0 Å². The van der Waals surface area contributed by atoms with Gasteiger partial charge in [-0.15, -0.1) is 12.4 Å². The Bertz CT molecular complexity index is 115. The van der Waals surface area contributed by atoms with Crippen molar-refractivity contribution in [3.63, 3.8) is 0 Å². The van der Waals surface area contributed by atoms with Crippen LogP contribution in [0, 0.1) is 0 Å². The predicted octanol–water partition coefficient (Wildman–Crippen LogP) is -1.70. The van der Waals surface area contributed by atoms with Crippen LogP contribution in [-0.4, -0.2) is 34.6 Å². The normalized spacial score (nSPS) is 10.0. The van der Waals surface area contributed by atoms with E-state index >= 15 is 0 Å². The molecule has 0 spiro atoms. The molecule has 0 aromatic rings. The monoisotopic (exact) mass is 218 g/mol. The van der Waals surface area contributed by atoms with Gasteiger partial charge in [-0.25, -0.2) is 0 Å². The lowest BCUT2D eigenvalue weighted by Gasteiger charge is -2.03. The average Bonchev–Trinajstić information content (AvgIpc) is 1.88. The van der Waals surface area contributed by atoms with E-state index in [4.69, 9.17) is 16.6 Å². The number of carboxylic acid groups (broad SMARTS) is 1. The van der Waals surface area contributed by atoms with E-state index in [0.717, 1.165) is 12.8 Å². The second-order valence-corrected chi connectivity index (χ2v) is 2.23. The van der Waals surface area contributed by atoms with Crippen LogP contribution in [0.2, 0.25) is 0 Å². The lowest BCUT2D eigenvalue weighted by molar-refractivity contribution is -0.138.